The molecule has 0 radical (unpaired) electrons. The zero-order valence-electron chi connectivity index (χ0n) is 13.0. The number of nitrogens with two attached hydrogens (primary N) is 1. The highest BCUT2D eigenvalue weighted by molar-refractivity contribution is 5.72. The maximum absolute atomic E-state index is 6.02. The summed E-state index contributed by atoms with van der Waals surface area (Å²) in [5.41, 5.74) is 7.57. The number of likely N-dealkylation sites (N-methyl/N-ethyl adjacent to an activating group) is 1. The van der Waals surface area contributed by atoms with Gasteiger partial charge in [-0.15, -0.1) is 0 Å². The van der Waals surface area contributed by atoms with E-state index in [1.165, 1.54) is 6.42 Å². The van der Waals surface area contributed by atoms with Gasteiger partial charge in [-0.3, -0.25) is 0 Å². The van der Waals surface area contributed by atoms with E-state index in [1.807, 2.05) is 6.07 Å². The van der Waals surface area contributed by atoms with E-state index in [0.29, 0.717) is 17.2 Å². The molecule has 114 valence electrons. The highest BCUT2D eigenvalue weighted by Crippen LogP contribution is 2.34. The Labute approximate surface area is 122 Å². The summed E-state index contributed by atoms with van der Waals surface area (Å²) in [6, 6.07) is 3.66. The molecule has 20 heavy (non-hydrogen) atoms. The van der Waals surface area contributed by atoms with Crippen molar-refractivity contribution in [2.24, 2.45) is 0 Å². The topological polar surface area (TPSA) is 59.8 Å². The summed E-state index contributed by atoms with van der Waals surface area (Å²) < 4.78 is 10.5. The quantitative estimate of drug-likeness (QED) is 0.681. The van der Waals surface area contributed by atoms with Crippen LogP contribution in [-0.4, -0.2) is 45.3 Å². The standard InChI is InChI=1S/C15H27N3O2/c1-5-8-18(6-2)9-7-17-13-11-15(20-4)14(19-3)10-12(13)16/h10-11,17H,5-9,16H2,1-4H3. The van der Waals surface area contributed by atoms with Crippen molar-refractivity contribution >= 4 is 11.4 Å². The van der Waals surface area contributed by atoms with Crippen molar-refractivity contribution in [3.05, 3.63) is 12.1 Å². The lowest BCUT2D eigenvalue weighted by Crippen LogP contribution is -2.29. The van der Waals surface area contributed by atoms with Crippen LogP contribution in [0.25, 0.3) is 0 Å². The van der Waals surface area contributed by atoms with E-state index in [1.54, 1.807) is 20.3 Å². The van der Waals surface area contributed by atoms with Crippen LogP contribution < -0.4 is 20.5 Å². The van der Waals surface area contributed by atoms with E-state index in [0.717, 1.165) is 31.9 Å². The summed E-state index contributed by atoms with van der Waals surface area (Å²) in [7, 11) is 3.23. The van der Waals surface area contributed by atoms with Crippen LogP contribution in [0.5, 0.6) is 11.5 Å². The van der Waals surface area contributed by atoms with Crippen molar-refractivity contribution in [1.29, 1.82) is 0 Å². The fraction of sp³-hybridized carbons (Fsp3) is 0.600. The Balaban J connectivity index is 2.63. The molecule has 0 spiro atoms. The zero-order chi connectivity index (χ0) is 15.0. The summed E-state index contributed by atoms with van der Waals surface area (Å²) in [5.74, 6) is 1.34. The minimum absolute atomic E-state index is 0.650. The van der Waals surface area contributed by atoms with Crippen LogP contribution in [0, 0.1) is 0 Å². The molecule has 5 heteroatoms. The Kier molecular flexibility index (Phi) is 7.01. The Morgan fingerprint density at radius 2 is 1.75 bits per heavy atom. The van der Waals surface area contributed by atoms with Crippen LogP contribution in [0.4, 0.5) is 11.4 Å². The van der Waals surface area contributed by atoms with Crippen LogP contribution in [0.15, 0.2) is 12.1 Å². The van der Waals surface area contributed by atoms with Crippen LogP contribution >= 0.6 is 0 Å². The minimum atomic E-state index is 0.650. The fourth-order valence-corrected chi connectivity index (χ4v) is 2.14. The number of rotatable bonds is 9. The van der Waals surface area contributed by atoms with Gasteiger partial charge < -0.3 is 25.4 Å². The first-order chi connectivity index (χ1) is 9.65. The first-order valence-electron chi connectivity index (χ1n) is 7.13. The molecule has 0 heterocycles. The average molecular weight is 281 g/mol. The molecule has 0 aliphatic carbocycles. The maximum atomic E-state index is 6.02. The van der Waals surface area contributed by atoms with Crippen molar-refractivity contribution in [3.8, 4) is 11.5 Å². The smallest absolute Gasteiger partial charge is 0.162 e. The highest BCUT2D eigenvalue weighted by atomic mass is 16.5. The predicted molar refractivity (Wildman–Crippen MR) is 84.9 cm³/mol. The number of methoxy groups -OCH3 is 2. The minimum Gasteiger partial charge on any atom is -0.493 e. The molecule has 3 N–H and O–H groups in total. The Hall–Kier alpha value is -1.62. The van der Waals surface area contributed by atoms with Gasteiger partial charge >= 0.3 is 0 Å². The van der Waals surface area contributed by atoms with Crippen molar-refractivity contribution < 1.29 is 9.47 Å². The Morgan fingerprint density at radius 1 is 1.10 bits per heavy atom. The van der Waals surface area contributed by atoms with Crippen molar-refractivity contribution in [2.75, 3.05) is 51.4 Å². The van der Waals surface area contributed by atoms with Gasteiger partial charge in [0.1, 0.15) is 0 Å². The lowest BCUT2D eigenvalue weighted by atomic mass is 10.2. The van der Waals surface area contributed by atoms with Crippen LogP contribution in [-0.2, 0) is 0 Å². The first kappa shape index (κ1) is 16.4. The number of nitrogens with one attached hydrogen (secondary N) is 1. The van der Waals surface area contributed by atoms with Gasteiger partial charge in [-0.1, -0.05) is 13.8 Å². The van der Waals surface area contributed by atoms with Crippen molar-refractivity contribution in [1.82, 2.24) is 4.90 Å². The molecule has 0 saturated carbocycles. The van der Waals surface area contributed by atoms with Gasteiger partial charge in [0.15, 0.2) is 11.5 Å². The molecule has 1 rings (SSSR count). The molecule has 0 aliphatic rings. The first-order valence-corrected chi connectivity index (χ1v) is 7.13. The SMILES string of the molecule is CCCN(CC)CCNc1cc(OC)c(OC)cc1N. The monoisotopic (exact) mass is 281 g/mol. The van der Waals surface area contributed by atoms with Gasteiger partial charge in [0.25, 0.3) is 0 Å². The lowest BCUT2D eigenvalue weighted by Gasteiger charge is -2.20. The third kappa shape index (κ3) is 4.49. The third-order valence-corrected chi connectivity index (χ3v) is 3.29. The van der Waals surface area contributed by atoms with Gasteiger partial charge in [0, 0.05) is 25.2 Å². The highest BCUT2D eigenvalue weighted by Gasteiger charge is 2.09. The molecule has 0 aliphatic heterocycles. The van der Waals surface area contributed by atoms with E-state index >= 15 is 0 Å². The van der Waals surface area contributed by atoms with E-state index < -0.39 is 0 Å². The molecular weight excluding hydrogens is 254 g/mol. The maximum Gasteiger partial charge on any atom is 0.162 e. The number of nitrogens with zero attached hydrogens (tertiary/aromatic N) is 1. The molecule has 0 saturated heterocycles. The molecule has 0 amide bonds. The third-order valence-electron chi connectivity index (χ3n) is 3.29. The largest absolute Gasteiger partial charge is 0.493 e. The summed E-state index contributed by atoms with van der Waals surface area (Å²) in [4.78, 5) is 2.41. The molecule has 0 atom stereocenters. The predicted octanol–water partition coefficient (Wildman–Crippen LogP) is 2.43. The molecule has 0 unspecified atom stereocenters. The lowest BCUT2D eigenvalue weighted by molar-refractivity contribution is 0.300. The number of nitrogen functional groups attached to an aromatic ring is 1. The number of hydrogen-bond donors (Lipinski definition) is 2. The van der Waals surface area contributed by atoms with E-state index in [4.69, 9.17) is 15.2 Å². The number of benzene rings is 1. The summed E-state index contributed by atoms with van der Waals surface area (Å²) >= 11 is 0. The average Bonchev–Trinajstić information content (AvgIpc) is 2.47. The van der Waals surface area contributed by atoms with E-state index in [9.17, 15) is 0 Å². The Bertz CT molecular complexity index is 410. The van der Waals surface area contributed by atoms with Gasteiger partial charge in [-0.05, 0) is 19.5 Å². The normalized spacial score (nSPS) is 10.7. The van der Waals surface area contributed by atoms with Crippen LogP contribution in [0.3, 0.4) is 0 Å². The molecular formula is C15H27N3O2. The van der Waals surface area contributed by atoms with Crippen molar-refractivity contribution in [3.63, 3.8) is 0 Å². The molecule has 0 bridgehead atoms. The van der Waals surface area contributed by atoms with Gasteiger partial charge in [0.2, 0.25) is 0 Å². The second kappa shape index (κ2) is 8.53. The molecule has 5 nitrogen and oxygen atoms in total. The van der Waals surface area contributed by atoms with Crippen LogP contribution in [0.2, 0.25) is 0 Å². The van der Waals surface area contributed by atoms with Gasteiger partial charge in [0.05, 0.1) is 25.6 Å². The van der Waals surface area contributed by atoms with Gasteiger partial charge in [-0.25, -0.2) is 0 Å². The Morgan fingerprint density at radius 3 is 2.30 bits per heavy atom. The zero-order valence-corrected chi connectivity index (χ0v) is 13.0. The second-order valence-corrected chi connectivity index (χ2v) is 4.66. The second-order valence-electron chi connectivity index (χ2n) is 4.66. The number of hydrogen-bond acceptors (Lipinski definition) is 5. The van der Waals surface area contributed by atoms with E-state index in [-0.39, 0.29) is 0 Å². The fourth-order valence-electron chi connectivity index (χ4n) is 2.14. The number of anilines is 2. The van der Waals surface area contributed by atoms with Gasteiger partial charge in [-0.2, -0.15) is 0 Å². The van der Waals surface area contributed by atoms with Crippen molar-refractivity contribution in [2.45, 2.75) is 20.3 Å². The summed E-state index contributed by atoms with van der Waals surface area (Å²) in [5, 5.41) is 3.36. The summed E-state index contributed by atoms with van der Waals surface area (Å²) in [6.07, 6.45) is 1.17. The molecule has 0 fully saturated rings. The number of ether oxygens (including phenoxy) is 2. The van der Waals surface area contributed by atoms with E-state index in [2.05, 4.69) is 24.1 Å². The summed E-state index contributed by atoms with van der Waals surface area (Å²) in [6.45, 7) is 8.42. The van der Waals surface area contributed by atoms with Crippen LogP contribution in [0.1, 0.15) is 20.3 Å². The molecule has 1 aromatic carbocycles. The molecule has 0 aromatic heterocycles. The molecule has 1 aromatic rings.